The molecular formula is C11H17ClFNO2. The highest BCUT2D eigenvalue weighted by Crippen LogP contribution is 2.32. The molecule has 0 bridgehead atoms. The molecule has 0 saturated carbocycles. The van der Waals surface area contributed by atoms with Crippen LogP contribution in [0.25, 0.3) is 0 Å². The van der Waals surface area contributed by atoms with Crippen LogP contribution in [-0.2, 0) is 0 Å². The molecule has 1 aromatic carbocycles. The van der Waals surface area contributed by atoms with Crippen LogP contribution in [0.3, 0.4) is 0 Å². The number of hydrogen-bond donors (Lipinski definition) is 3. The minimum absolute atomic E-state index is 0. The fraction of sp³-hybridized carbons (Fsp3) is 0.455. The Bertz CT molecular complexity index is 358. The van der Waals surface area contributed by atoms with Gasteiger partial charge < -0.3 is 15.9 Å². The Labute approximate surface area is 101 Å². The van der Waals surface area contributed by atoms with Crippen LogP contribution >= 0.6 is 12.4 Å². The molecule has 0 fully saturated rings. The highest BCUT2D eigenvalue weighted by Gasteiger charge is 2.28. The first-order valence-electron chi connectivity index (χ1n) is 4.73. The minimum Gasteiger partial charge on any atom is -0.508 e. The maximum absolute atomic E-state index is 13.4. The lowest BCUT2D eigenvalue weighted by Crippen LogP contribution is -2.33. The summed E-state index contributed by atoms with van der Waals surface area (Å²) in [6.45, 7) is 3.38. The van der Waals surface area contributed by atoms with Crippen LogP contribution in [0.4, 0.5) is 4.39 Å². The maximum atomic E-state index is 13.4. The van der Waals surface area contributed by atoms with Gasteiger partial charge in [0, 0.05) is 29.7 Å². The van der Waals surface area contributed by atoms with Crippen molar-refractivity contribution in [2.75, 3.05) is 6.61 Å². The van der Waals surface area contributed by atoms with Crippen LogP contribution in [0.15, 0.2) is 18.2 Å². The van der Waals surface area contributed by atoms with Gasteiger partial charge in [0.25, 0.3) is 0 Å². The van der Waals surface area contributed by atoms with Gasteiger partial charge >= 0.3 is 0 Å². The zero-order valence-electron chi connectivity index (χ0n) is 9.27. The quantitative estimate of drug-likeness (QED) is 0.767. The second-order valence-electron chi connectivity index (χ2n) is 4.33. The molecule has 5 heteroatoms. The highest BCUT2D eigenvalue weighted by molar-refractivity contribution is 5.85. The van der Waals surface area contributed by atoms with E-state index in [0.717, 1.165) is 6.07 Å². The molecular weight excluding hydrogens is 233 g/mol. The summed E-state index contributed by atoms with van der Waals surface area (Å²) in [5, 5.41) is 18.2. The largest absolute Gasteiger partial charge is 0.508 e. The van der Waals surface area contributed by atoms with Crippen molar-refractivity contribution in [3.63, 3.8) is 0 Å². The predicted octanol–water partition coefficient (Wildman–Crippen LogP) is 1.97. The Morgan fingerprint density at radius 3 is 2.44 bits per heavy atom. The molecule has 0 aliphatic carbocycles. The summed E-state index contributed by atoms with van der Waals surface area (Å²) in [4.78, 5) is 0. The van der Waals surface area contributed by atoms with Gasteiger partial charge in [-0.1, -0.05) is 19.9 Å². The van der Waals surface area contributed by atoms with Gasteiger partial charge in [0.2, 0.25) is 0 Å². The minimum atomic E-state index is -0.608. The van der Waals surface area contributed by atoms with E-state index in [0.29, 0.717) is 5.56 Å². The zero-order chi connectivity index (χ0) is 11.6. The van der Waals surface area contributed by atoms with Crippen LogP contribution in [-0.4, -0.2) is 16.8 Å². The first-order chi connectivity index (χ1) is 6.88. The number of aliphatic hydroxyl groups excluding tert-OH is 1. The van der Waals surface area contributed by atoms with Crippen molar-refractivity contribution >= 4 is 12.4 Å². The number of aliphatic hydroxyl groups is 1. The summed E-state index contributed by atoms with van der Waals surface area (Å²) < 4.78 is 13.4. The lowest BCUT2D eigenvalue weighted by atomic mass is 9.81. The van der Waals surface area contributed by atoms with Crippen molar-refractivity contribution in [3.8, 4) is 5.75 Å². The number of halogens is 2. The van der Waals surface area contributed by atoms with Gasteiger partial charge in [-0.25, -0.2) is 4.39 Å². The average molecular weight is 250 g/mol. The summed E-state index contributed by atoms with van der Waals surface area (Å²) in [6.07, 6.45) is 0. The van der Waals surface area contributed by atoms with Crippen molar-refractivity contribution in [1.82, 2.24) is 0 Å². The van der Waals surface area contributed by atoms with Crippen molar-refractivity contribution in [3.05, 3.63) is 29.6 Å². The second kappa shape index (κ2) is 5.48. The molecule has 0 unspecified atom stereocenters. The molecule has 0 aliphatic heterocycles. The fourth-order valence-electron chi connectivity index (χ4n) is 1.29. The van der Waals surface area contributed by atoms with Crippen LogP contribution in [0, 0.1) is 11.2 Å². The summed E-state index contributed by atoms with van der Waals surface area (Å²) in [6, 6.07) is 3.23. The van der Waals surface area contributed by atoms with Gasteiger partial charge in [0.05, 0.1) is 0 Å². The number of aromatic hydroxyl groups is 1. The van der Waals surface area contributed by atoms with Gasteiger partial charge in [-0.2, -0.15) is 0 Å². The number of nitrogens with two attached hydrogens (primary N) is 1. The van der Waals surface area contributed by atoms with Gasteiger partial charge in [0.15, 0.2) is 0 Å². The molecule has 4 N–H and O–H groups in total. The molecule has 1 rings (SSSR count). The Kier molecular flexibility index (Phi) is 5.19. The number of phenols is 1. The number of benzene rings is 1. The smallest absolute Gasteiger partial charge is 0.131 e. The van der Waals surface area contributed by atoms with Crippen LogP contribution < -0.4 is 5.73 Å². The lowest BCUT2D eigenvalue weighted by Gasteiger charge is -2.29. The Hall–Kier alpha value is -0.840. The summed E-state index contributed by atoms with van der Waals surface area (Å²) in [5.41, 5.74) is 5.55. The molecule has 3 nitrogen and oxygen atoms in total. The summed E-state index contributed by atoms with van der Waals surface area (Å²) in [7, 11) is 0. The molecule has 16 heavy (non-hydrogen) atoms. The first-order valence-corrected chi connectivity index (χ1v) is 4.73. The molecule has 0 amide bonds. The highest BCUT2D eigenvalue weighted by atomic mass is 35.5. The number of rotatable bonds is 3. The molecule has 0 radical (unpaired) electrons. The molecule has 0 heterocycles. The summed E-state index contributed by atoms with van der Waals surface area (Å²) in [5.74, 6) is -0.686. The first kappa shape index (κ1) is 15.2. The van der Waals surface area contributed by atoms with Gasteiger partial charge in [0.1, 0.15) is 11.6 Å². The molecule has 1 atom stereocenters. The van der Waals surface area contributed by atoms with Gasteiger partial charge in [-0.3, -0.25) is 0 Å². The Morgan fingerprint density at radius 1 is 1.44 bits per heavy atom. The second-order valence-corrected chi connectivity index (χ2v) is 4.33. The van der Waals surface area contributed by atoms with E-state index >= 15 is 0 Å². The molecule has 1 aromatic rings. The third-order valence-electron chi connectivity index (χ3n) is 2.57. The zero-order valence-corrected chi connectivity index (χ0v) is 10.1. The Morgan fingerprint density at radius 2 is 2.00 bits per heavy atom. The summed E-state index contributed by atoms with van der Waals surface area (Å²) >= 11 is 0. The third-order valence-corrected chi connectivity index (χ3v) is 2.57. The van der Waals surface area contributed by atoms with E-state index in [-0.39, 0.29) is 24.8 Å². The Balaban J connectivity index is 0.00000225. The maximum Gasteiger partial charge on any atom is 0.131 e. The monoisotopic (exact) mass is 249 g/mol. The van der Waals surface area contributed by atoms with Crippen LogP contribution in [0.1, 0.15) is 25.5 Å². The lowest BCUT2D eigenvalue weighted by molar-refractivity contribution is 0.131. The molecule has 0 aliphatic rings. The van der Waals surface area contributed by atoms with Crippen molar-refractivity contribution in [2.24, 2.45) is 11.1 Å². The van der Waals surface area contributed by atoms with Crippen molar-refractivity contribution in [1.29, 1.82) is 0 Å². The molecule has 92 valence electrons. The third kappa shape index (κ3) is 3.07. The van der Waals surface area contributed by atoms with Crippen molar-refractivity contribution in [2.45, 2.75) is 19.9 Å². The van der Waals surface area contributed by atoms with E-state index < -0.39 is 17.3 Å². The average Bonchev–Trinajstić information content (AvgIpc) is 2.17. The SMILES string of the molecule is CC(C)(CO)[C@@H](N)c1ccc(O)cc1F.Cl. The van der Waals surface area contributed by atoms with Crippen LogP contribution in [0.5, 0.6) is 5.75 Å². The van der Waals surface area contributed by atoms with Crippen LogP contribution in [0.2, 0.25) is 0 Å². The topological polar surface area (TPSA) is 66.5 Å². The van der Waals surface area contributed by atoms with Gasteiger partial charge in [-0.15, -0.1) is 12.4 Å². The van der Waals surface area contributed by atoms with E-state index in [2.05, 4.69) is 0 Å². The predicted molar refractivity (Wildman–Crippen MR) is 63.1 cm³/mol. The van der Waals surface area contributed by atoms with Crippen molar-refractivity contribution < 1.29 is 14.6 Å². The fourth-order valence-corrected chi connectivity index (χ4v) is 1.29. The molecule has 0 spiro atoms. The van der Waals surface area contributed by atoms with E-state index in [1.54, 1.807) is 13.8 Å². The van der Waals surface area contributed by atoms with E-state index in [1.807, 2.05) is 0 Å². The van der Waals surface area contributed by atoms with E-state index in [9.17, 15) is 4.39 Å². The molecule has 0 aromatic heterocycles. The molecule has 0 saturated heterocycles. The number of hydrogen-bond acceptors (Lipinski definition) is 3. The normalized spacial score (nSPS) is 13.1. The number of phenolic OH excluding ortho intramolecular Hbond substituents is 1. The standard InChI is InChI=1S/C11H16FNO2.ClH/c1-11(2,6-14)10(13)8-4-3-7(15)5-9(8)12;/h3-5,10,14-15H,6,13H2,1-2H3;1H/t10-;/m0./s1. The van der Waals surface area contributed by atoms with E-state index in [4.69, 9.17) is 15.9 Å². The van der Waals surface area contributed by atoms with E-state index in [1.165, 1.54) is 12.1 Å². The van der Waals surface area contributed by atoms with Gasteiger partial charge in [-0.05, 0) is 6.07 Å².